The first-order valence-electron chi connectivity index (χ1n) is 10.0. The van der Waals surface area contributed by atoms with Crippen molar-refractivity contribution in [1.82, 2.24) is 25.1 Å². The van der Waals surface area contributed by atoms with Crippen LogP contribution in [0.15, 0.2) is 36.8 Å². The third kappa shape index (κ3) is 4.76. The van der Waals surface area contributed by atoms with Gasteiger partial charge in [0.1, 0.15) is 0 Å². The number of aromatic nitrogens is 4. The lowest BCUT2D eigenvalue weighted by molar-refractivity contribution is 0.252. The second kappa shape index (κ2) is 9.21. The van der Waals surface area contributed by atoms with E-state index in [1.807, 2.05) is 13.1 Å². The average Bonchev–Trinajstić information content (AvgIpc) is 3.41. The van der Waals surface area contributed by atoms with Crippen LogP contribution in [-0.4, -0.2) is 45.4 Å². The van der Waals surface area contributed by atoms with Crippen LogP contribution in [-0.2, 0) is 6.42 Å². The molecule has 0 aromatic carbocycles. The van der Waals surface area contributed by atoms with Gasteiger partial charge in [-0.25, -0.2) is 14.5 Å². The van der Waals surface area contributed by atoms with E-state index in [0.717, 1.165) is 37.2 Å². The molecule has 1 fully saturated rings. The summed E-state index contributed by atoms with van der Waals surface area (Å²) in [6, 6.07) is 5.11. The Hall–Kier alpha value is -3.01. The second-order valence-corrected chi connectivity index (χ2v) is 8.30. The minimum absolute atomic E-state index is 0.235. The molecule has 1 saturated heterocycles. The van der Waals surface area contributed by atoms with E-state index < -0.39 is 5.95 Å². The average molecular weight is 430 g/mol. The van der Waals surface area contributed by atoms with Gasteiger partial charge >= 0.3 is 6.03 Å². The van der Waals surface area contributed by atoms with Gasteiger partial charge in [0.15, 0.2) is 10.9 Å². The molecule has 10 heteroatoms. The summed E-state index contributed by atoms with van der Waals surface area (Å²) in [6.07, 6.45) is 8.07. The third-order valence-corrected chi connectivity index (χ3v) is 6.04. The van der Waals surface area contributed by atoms with Crippen LogP contribution in [0.5, 0.6) is 0 Å². The number of thiazole rings is 1. The minimum atomic E-state index is -0.468. The summed E-state index contributed by atoms with van der Waals surface area (Å²) in [5.74, 6) is 0.515. The van der Waals surface area contributed by atoms with Crippen LogP contribution in [0, 0.1) is 11.9 Å². The number of halogens is 1. The van der Waals surface area contributed by atoms with Crippen LogP contribution in [0.3, 0.4) is 0 Å². The first-order valence-corrected chi connectivity index (χ1v) is 10.8. The summed E-state index contributed by atoms with van der Waals surface area (Å²) >= 11 is 1.51. The number of hydrogen-bond acceptors (Lipinski definition) is 6. The molecule has 3 aromatic heterocycles. The molecule has 1 aliphatic heterocycles. The summed E-state index contributed by atoms with van der Waals surface area (Å²) in [5.41, 5.74) is 0.538. The van der Waals surface area contributed by atoms with Crippen LogP contribution in [0.1, 0.15) is 24.6 Å². The fourth-order valence-electron chi connectivity index (χ4n) is 3.61. The predicted octanol–water partition coefficient (Wildman–Crippen LogP) is 3.46. The highest BCUT2D eigenvalue weighted by Crippen LogP contribution is 2.29. The smallest absolute Gasteiger partial charge is 0.321 e. The number of pyridine rings is 1. The lowest BCUT2D eigenvalue weighted by Gasteiger charge is -2.33. The van der Waals surface area contributed by atoms with Crippen molar-refractivity contribution in [2.45, 2.75) is 26.2 Å². The topological polar surface area (TPSA) is 88.0 Å². The first kappa shape index (κ1) is 20.3. The Bertz CT molecular complexity index is 983. The Balaban J connectivity index is 1.31. The number of nitrogens with one attached hydrogen (secondary N) is 2. The monoisotopic (exact) mass is 429 g/mol. The first-order chi connectivity index (χ1) is 14.6. The maximum Gasteiger partial charge on any atom is 0.321 e. The highest BCUT2D eigenvalue weighted by molar-refractivity contribution is 7.15. The van der Waals surface area contributed by atoms with E-state index in [9.17, 15) is 9.18 Å². The molecule has 4 heterocycles. The van der Waals surface area contributed by atoms with Crippen molar-refractivity contribution < 1.29 is 9.18 Å². The number of amides is 2. The Labute approximate surface area is 178 Å². The van der Waals surface area contributed by atoms with E-state index in [2.05, 4.69) is 30.6 Å². The molecular formula is C20H24FN7OS. The fourth-order valence-corrected chi connectivity index (χ4v) is 4.53. The predicted molar refractivity (Wildman–Crippen MR) is 115 cm³/mol. The molecule has 1 aliphatic rings. The molecule has 8 nitrogen and oxygen atoms in total. The molecule has 0 unspecified atom stereocenters. The van der Waals surface area contributed by atoms with Crippen LogP contribution in [0.4, 0.5) is 20.0 Å². The van der Waals surface area contributed by atoms with Gasteiger partial charge in [0.2, 0.25) is 5.95 Å². The van der Waals surface area contributed by atoms with Gasteiger partial charge in [0, 0.05) is 43.1 Å². The van der Waals surface area contributed by atoms with Crippen molar-refractivity contribution in [3.8, 4) is 5.82 Å². The van der Waals surface area contributed by atoms with Gasteiger partial charge in [-0.2, -0.15) is 14.5 Å². The van der Waals surface area contributed by atoms with Crippen LogP contribution in [0.25, 0.3) is 5.82 Å². The van der Waals surface area contributed by atoms with Crippen LogP contribution in [0.2, 0.25) is 0 Å². The SMILES string of the molecule is CCNC(=O)Nc1ncc(CC2CCN(c3ccc(-n4cccn4)nc3F)CC2)s1. The van der Waals surface area contributed by atoms with E-state index >= 15 is 0 Å². The van der Waals surface area contributed by atoms with Crippen molar-refractivity contribution in [1.29, 1.82) is 0 Å². The largest absolute Gasteiger partial charge is 0.368 e. The fraction of sp³-hybridized carbons (Fsp3) is 0.400. The maximum atomic E-state index is 14.6. The maximum absolute atomic E-state index is 14.6. The van der Waals surface area contributed by atoms with E-state index in [1.165, 1.54) is 11.3 Å². The van der Waals surface area contributed by atoms with Gasteiger partial charge in [-0.1, -0.05) is 0 Å². The highest BCUT2D eigenvalue weighted by Gasteiger charge is 2.23. The molecule has 0 atom stereocenters. The molecule has 0 saturated carbocycles. The van der Waals surface area contributed by atoms with E-state index in [0.29, 0.717) is 29.1 Å². The number of urea groups is 1. The summed E-state index contributed by atoms with van der Waals surface area (Å²) in [5, 5.41) is 10.1. The van der Waals surface area contributed by atoms with Crippen molar-refractivity contribution in [2.75, 3.05) is 29.9 Å². The molecule has 2 amide bonds. The number of hydrogen-bond donors (Lipinski definition) is 2. The van der Waals surface area contributed by atoms with Crippen molar-refractivity contribution in [3.63, 3.8) is 0 Å². The standard InChI is InChI=1S/C20H24FN7OS/c1-2-22-19(29)26-20-23-13-15(30-20)12-14-6-10-27(11-7-14)16-4-5-17(25-18(16)21)28-9-3-8-24-28/h3-5,8-9,13-14H,2,6-7,10-12H2,1H3,(H2,22,23,26,29). The summed E-state index contributed by atoms with van der Waals surface area (Å²) < 4.78 is 16.1. The van der Waals surface area contributed by atoms with Gasteiger partial charge in [-0.05, 0) is 50.3 Å². The third-order valence-electron chi connectivity index (χ3n) is 5.11. The molecule has 0 spiro atoms. The molecule has 0 bridgehead atoms. The molecule has 3 aromatic rings. The zero-order valence-electron chi connectivity index (χ0n) is 16.7. The zero-order chi connectivity index (χ0) is 20.9. The second-order valence-electron chi connectivity index (χ2n) is 7.18. The molecule has 2 N–H and O–H groups in total. The molecule has 30 heavy (non-hydrogen) atoms. The molecule has 0 aliphatic carbocycles. The Morgan fingerprint density at radius 1 is 1.33 bits per heavy atom. The molecule has 4 rings (SSSR count). The van der Waals surface area contributed by atoms with Crippen LogP contribution >= 0.6 is 11.3 Å². The molecule has 0 radical (unpaired) electrons. The normalized spacial score (nSPS) is 14.7. The summed E-state index contributed by atoms with van der Waals surface area (Å²) in [6.45, 7) is 4.01. The summed E-state index contributed by atoms with van der Waals surface area (Å²) in [7, 11) is 0. The number of nitrogens with zero attached hydrogens (tertiary/aromatic N) is 5. The number of piperidine rings is 1. The van der Waals surface area contributed by atoms with E-state index in [1.54, 1.807) is 35.3 Å². The van der Waals surface area contributed by atoms with Gasteiger partial charge < -0.3 is 10.2 Å². The van der Waals surface area contributed by atoms with Crippen molar-refractivity contribution in [3.05, 3.63) is 47.6 Å². The van der Waals surface area contributed by atoms with E-state index in [4.69, 9.17) is 0 Å². The Kier molecular flexibility index (Phi) is 6.22. The molecular weight excluding hydrogens is 405 g/mol. The van der Waals surface area contributed by atoms with Crippen LogP contribution < -0.4 is 15.5 Å². The number of anilines is 2. The van der Waals surface area contributed by atoms with Crippen molar-refractivity contribution >= 4 is 28.2 Å². The highest BCUT2D eigenvalue weighted by atomic mass is 32.1. The van der Waals surface area contributed by atoms with Crippen molar-refractivity contribution in [2.24, 2.45) is 5.92 Å². The Morgan fingerprint density at radius 2 is 2.17 bits per heavy atom. The molecule has 158 valence electrons. The van der Waals surface area contributed by atoms with Gasteiger partial charge in [-0.15, -0.1) is 11.3 Å². The lowest BCUT2D eigenvalue weighted by Crippen LogP contribution is -2.35. The van der Waals surface area contributed by atoms with E-state index in [-0.39, 0.29) is 6.03 Å². The lowest BCUT2D eigenvalue weighted by atomic mass is 9.93. The quantitative estimate of drug-likeness (QED) is 0.586. The van der Waals surface area contributed by atoms with Gasteiger partial charge in [-0.3, -0.25) is 5.32 Å². The number of carbonyl (C=O) groups is 1. The van der Waals surface area contributed by atoms with Gasteiger partial charge in [0.25, 0.3) is 0 Å². The minimum Gasteiger partial charge on any atom is -0.368 e. The van der Waals surface area contributed by atoms with Gasteiger partial charge in [0.05, 0.1) is 5.69 Å². The number of rotatable bonds is 6. The number of carbonyl (C=O) groups excluding carboxylic acids is 1. The summed E-state index contributed by atoms with van der Waals surface area (Å²) in [4.78, 5) is 23.1. The Morgan fingerprint density at radius 3 is 2.87 bits per heavy atom. The zero-order valence-corrected chi connectivity index (χ0v) is 17.5.